The average molecular weight is 291 g/mol. The number of carbonyl (C=O) groups is 1. The number of hydrogen-bond donors (Lipinski definition) is 1. The molecule has 1 saturated heterocycles. The Kier molecular flexibility index (Phi) is 4.29. The number of aromatic nitrogens is 2. The van der Waals surface area contributed by atoms with Crippen molar-refractivity contribution in [3.8, 4) is 0 Å². The van der Waals surface area contributed by atoms with Gasteiger partial charge in [-0.05, 0) is 31.7 Å². The number of nitrogens with zero attached hydrogens (tertiary/aromatic N) is 3. The molecule has 5 heteroatoms. The fourth-order valence-corrected chi connectivity index (χ4v) is 3.67. The number of carbonyl (C=O) groups excluding carboxylic acids is 1. The lowest BCUT2D eigenvalue weighted by Crippen LogP contribution is -2.45. The molecule has 1 aliphatic carbocycles. The molecule has 1 N–H and O–H groups in total. The largest absolute Gasteiger partial charge is 0.389 e. The molecule has 116 valence electrons. The Bertz CT molecular complexity index is 466. The van der Waals surface area contributed by atoms with Gasteiger partial charge in [-0.25, -0.2) is 0 Å². The van der Waals surface area contributed by atoms with E-state index in [-0.39, 0.29) is 11.9 Å². The van der Waals surface area contributed by atoms with Crippen molar-refractivity contribution in [3.63, 3.8) is 0 Å². The molecule has 1 saturated carbocycles. The van der Waals surface area contributed by atoms with Crippen molar-refractivity contribution in [2.75, 3.05) is 13.1 Å². The van der Waals surface area contributed by atoms with Gasteiger partial charge in [-0.3, -0.25) is 9.48 Å². The van der Waals surface area contributed by atoms with Crippen molar-refractivity contribution in [1.82, 2.24) is 14.7 Å². The van der Waals surface area contributed by atoms with Crippen LogP contribution in [0.25, 0.3) is 0 Å². The van der Waals surface area contributed by atoms with Crippen LogP contribution in [0.4, 0.5) is 0 Å². The zero-order chi connectivity index (χ0) is 14.7. The molecule has 5 nitrogen and oxygen atoms in total. The van der Waals surface area contributed by atoms with Gasteiger partial charge in [0, 0.05) is 25.5 Å². The summed E-state index contributed by atoms with van der Waals surface area (Å²) < 4.78 is 1.95. The van der Waals surface area contributed by atoms with Crippen LogP contribution in [0.1, 0.15) is 57.4 Å². The number of amides is 1. The standard InChI is InChI=1S/C16H25N3O2/c20-15(12-16(21)7-2-1-3-8-16)18-10-4-6-14(13-18)19-11-5-9-17-19/h5,9,11,14,21H,1-4,6-8,10,12-13H2. The second kappa shape index (κ2) is 6.18. The Morgan fingerprint density at radius 1 is 1.29 bits per heavy atom. The van der Waals surface area contributed by atoms with E-state index >= 15 is 0 Å². The molecule has 0 spiro atoms. The molecule has 1 unspecified atom stereocenters. The molecule has 0 bridgehead atoms. The minimum absolute atomic E-state index is 0.108. The molecular weight excluding hydrogens is 266 g/mol. The van der Waals surface area contributed by atoms with Gasteiger partial charge in [-0.2, -0.15) is 5.10 Å². The number of rotatable bonds is 3. The van der Waals surface area contributed by atoms with Gasteiger partial charge in [0.1, 0.15) is 0 Å². The summed E-state index contributed by atoms with van der Waals surface area (Å²) in [4.78, 5) is 14.4. The monoisotopic (exact) mass is 291 g/mol. The lowest BCUT2D eigenvalue weighted by molar-refractivity contribution is -0.139. The van der Waals surface area contributed by atoms with Crippen LogP contribution in [0.5, 0.6) is 0 Å². The van der Waals surface area contributed by atoms with Crippen LogP contribution in [0.3, 0.4) is 0 Å². The van der Waals surface area contributed by atoms with Gasteiger partial charge in [0.2, 0.25) is 5.91 Å². The van der Waals surface area contributed by atoms with Crippen LogP contribution >= 0.6 is 0 Å². The number of likely N-dealkylation sites (tertiary alicyclic amines) is 1. The first kappa shape index (κ1) is 14.6. The lowest BCUT2D eigenvalue weighted by atomic mass is 9.82. The van der Waals surface area contributed by atoms with Gasteiger partial charge in [0.25, 0.3) is 0 Å². The molecule has 3 rings (SSSR count). The van der Waals surface area contributed by atoms with Crippen LogP contribution in [0, 0.1) is 0 Å². The topological polar surface area (TPSA) is 58.4 Å². The second-order valence-electron chi connectivity index (χ2n) is 6.58. The minimum atomic E-state index is -0.756. The number of hydrogen-bond acceptors (Lipinski definition) is 3. The van der Waals surface area contributed by atoms with Crippen molar-refractivity contribution in [2.45, 2.75) is 63.0 Å². The van der Waals surface area contributed by atoms with E-state index in [2.05, 4.69) is 5.10 Å². The molecule has 21 heavy (non-hydrogen) atoms. The van der Waals surface area contributed by atoms with Crippen molar-refractivity contribution >= 4 is 5.91 Å². The molecule has 1 aliphatic heterocycles. The van der Waals surface area contributed by atoms with Crippen LogP contribution in [0.2, 0.25) is 0 Å². The maximum Gasteiger partial charge on any atom is 0.225 e. The molecular formula is C16H25N3O2. The van der Waals surface area contributed by atoms with E-state index in [1.165, 1.54) is 6.42 Å². The Hall–Kier alpha value is -1.36. The van der Waals surface area contributed by atoms with E-state index in [4.69, 9.17) is 0 Å². The smallest absolute Gasteiger partial charge is 0.225 e. The lowest BCUT2D eigenvalue weighted by Gasteiger charge is -2.37. The maximum atomic E-state index is 12.5. The summed E-state index contributed by atoms with van der Waals surface area (Å²) in [5.41, 5.74) is -0.756. The van der Waals surface area contributed by atoms with Gasteiger partial charge >= 0.3 is 0 Å². The third kappa shape index (κ3) is 3.46. The van der Waals surface area contributed by atoms with E-state index < -0.39 is 5.60 Å². The minimum Gasteiger partial charge on any atom is -0.389 e. The molecule has 1 aromatic rings. The molecule has 1 aromatic heterocycles. The average Bonchev–Trinajstić information content (AvgIpc) is 3.02. The molecule has 1 atom stereocenters. The second-order valence-corrected chi connectivity index (χ2v) is 6.58. The van der Waals surface area contributed by atoms with E-state index in [1.54, 1.807) is 6.20 Å². The van der Waals surface area contributed by atoms with Gasteiger partial charge in [-0.15, -0.1) is 0 Å². The van der Waals surface area contributed by atoms with Crippen molar-refractivity contribution in [2.24, 2.45) is 0 Å². The van der Waals surface area contributed by atoms with Gasteiger partial charge in [-0.1, -0.05) is 19.3 Å². The first-order chi connectivity index (χ1) is 10.2. The highest BCUT2D eigenvalue weighted by Crippen LogP contribution is 2.32. The van der Waals surface area contributed by atoms with Crippen LogP contribution in [-0.2, 0) is 4.79 Å². The Morgan fingerprint density at radius 2 is 2.10 bits per heavy atom. The van der Waals surface area contributed by atoms with Crippen molar-refractivity contribution in [1.29, 1.82) is 0 Å². The molecule has 0 radical (unpaired) electrons. The van der Waals surface area contributed by atoms with E-state index in [1.807, 2.05) is 21.8 Å². The first-order valence-electron chi connectivity index (χ1n) is 8.16. The predicted molar refractivity (Wildman–Crippen MR) is 79.7 cm³/mol. The van der Waals surface area contributed by atoms with E-state index in [0.717, 1.165) is 51.6 Å². The van der Waals surface area contributed by atoms with Crippen LogP contribution in [0.15, 0.2) is 18.5 Å². The van der Waals surface area contributed by atoms with Crippen molar-refractivity contribution < 1.29 is 9.90 Å². The van der Waals surface area contributed by atoms with E-state index in [9.17, 15) is 9.90 Å². The summed E-state index contributed by atoms with van der Waals surface area (Å²) in [6, 6.07) is 2.20. The highest BCUT2D eigenvalue weighted by Gasteiger charge is 2.34. The summed E-state index contributed by atoms with van der Waals surface area (Å²) in [6.45, 7) is 1.53. The van der Waals surface area contributed by atoms with Gasteiger partial charge in [0.05, 0.1) is 18.1 Å². The molecule has 0 aromatic carbocycles. The fraction of sp³-hybridized carbons (Fsp3) is 0.750. The van der Waals surface area contributed by atoms with Gasteiger partial charge in [0.15, 0.2) is 0 Å². The Morgan fingerprint density at radius 3 is 2.81 bits per heavy atom. The maximum absolute atomic E-state index is 12.5. The highest BCUT2D eigenvalue weighted by molar-refractivity contribution is 5.77. The normalized spacial score (nSPS) is 25.8. The quantitative estimate of drug-likeness (QED) is 0.928. The molecule has 2 aliphatic rings. The van der Waals surface area contributed by atoms with E-state index in [0.29, 0.717) is 6.42 Å². The Balaban J connectivity index is 1.59. The highest BCUT2D eigenvalue weighted by atomic mass is 16.3. The third-order valence-electron chi connectivity index (χ3n) is 4.91. The molecule has 2 fully saturated rings. The SMILES string of the molecule is O=C(CC1(O)CCCCC1)N1CCCC(n2cccn2)C1. The zero-order valence-corrected chi connectivity index (χ0v) is 12.6. The van der Waals surface area contributed by atoms with Crippen LogP contribution < -0.4 is 0 Å². The number of piperidine rings is 1. The predicted octanol–water partition coefficient (Wildman–Crippen LogP) is 2.13. The molecule has 2 heterocycles. The summed E-state index contributed by atoms with van der Waals surface area (Å²) in [5.74, 6) is 0.108. The van der Waals surface area contributed by atoms with Gasteiger partial charge < -0.3 is 10.0 Å². The first-order valence-corrected chi connectivity index (χ1v) is 8.16. The van der Waals surface area contributed by atoms with Crippen LogP contribution in [-0.4, -0.2) is 44.4 Å². The summed E-state index contributed by atoms with van der Waals surface area (Å²) in [5, 5.41) is 14.8. The summed E-state index contributed by atoms with van der Waals surface area (Å²) in [7, 11) is 0. The van der Waals surface area contributed by atoms with Crippen molar-refractivity contribution in [3.05, 3.63) is 18.5 Å². The Labute approximate surface area is 125 Å². The molecule has 1 amide bonds. The summed E-state index contributed by atoms with van der Waals surface area (Å²) >= 11 is 0. The summed E-state index contributed by atoms with van der Waals surface area (Å²) in [6.07, 6.45) is 10.9. The number of aliphatic hydroxyl groups is 1. The third-order valence-corrected chi connectivity index (χ3v) is 4.91. The fourth-order valence-electron chi connectivity index (χ4n) is 3.67. The zero-order valence-electron chi connectivity index (χ0n) is 12.6.